The van der Waals surface area contributed by atoms with Crippen molar-refractivity contribution in [3.63, 3.8) is 0 Å². The van der Waals surface area contributed by atoms with Crippen molar-refractivity contribution in [1.29, 1.82) is 0 Å². The third-order valence-electron chi connectivity index (χ3n) is 2.83. The van der Waals surface area contributed by atoms with E-state index in [0.717, 1.165) is 26.8 Å². The van der Waals surface area contributed by atoms with Gasteiger partial charge in [-0.2, -0.15) is 0 Å². The molecule has 2 aromatic rings. The lowest BCUT2D eigenvalue weighted by Gasteiger charge is -2.22. The fraction of sp³-hybridized carbons (Fsp3) is 0.0769. The molecule has 0 bridgehead atoms. The van der Waals surface area contributed by atoms with Crippen molar-refractivity contribution < 1.29 is 14.0 Å². The lowest BCUT2D eigenvalue weighted by Crippen LogP contribution is -2.07. The van der Waals surface area contributed by atoms with Gasteiger partial charge in [-0.3, -0.25) is 9.09 Å². The largest absolute Gasteiger partial charge is 0.326 e. The molecule has 0 radical (unpaired) electrons. The fourth-order valence-electron chi connectivity index (χ4n) is 1.97. The molecule has 0 fully saturated rings. The zero-order valence-electron chi connectivity index (χ0n) is 10.9. The lowest BCUT2D eigenvalue weighted by atomic mass is 10.0. The highest BCUT2D eigenvalue weighted by atomic mass is 79.9. The maximum Gasteiger partial charge on any atom is 0.317 e. The summed E-state index contributed by atoms with van der Waals surface area (Å²) in [5, 5.41) is 0. The van der Waals surface area contributed by atoms with E-state index in [2.05, 4.69) is 95.6 Å². The van der Waals surface area contributed by atoms with Crippen LogP contribution in [-0.2, 0) is 9.09 Å². The SMILES string of the molecule is O=[PH](O)OC(c1c(Br)cc(Br)cc1Br)c1c(Br)cc(Br)cc1Br. The Morgan fingerprint density at radius 1 is 0.783 bits per heavy atom. The standard InChI is InChI=1S/C13H7Br6O3P/c14-5-1-7(16)11(8(17)2-5)13(22-23(20)21)12-9(18)3-6(15)4-10(12)19/h1-4,13,23H,(H,20,21). The first-order chi connectivity index (χ1) is 10.7. The molecule has 0 amide bonds. The Kier molecular flexibility index (Phi) is 8.05. The van der Waals surface area contributed by atoms with E-state index in [1.165, 1.54) is 0 Å². The van der Waals surface area contributed by atoms with Gasteiger partial charge in [0.1, 0.15) is 6.10 Å². The molecule has 1 unspecified atom stereocenters. The van der Waals surface area contributed by atoms with E-state index in [-0.39, 0.29) is 0 Å². The molecule has 0 saturated heterocycles. The number of halogens is 6. The van der Waals surface area contributed by atoms with Gasteiger partial charge in [0.05, 0.1) is 0 Å². The van der Waals surface area contributed by atoms with E-state index in [4.69, 9.17) is 4.52 Å². The molecule has 0 aromatic heterocycles. The molecular formula is C13H7Br6O3P. The van der Waals surface area contributed by atoms with Gasteiger partial charge in [-0.25, -0.2) is 0 Å². The minimum absolute atomic E-state index is 0.712. The maximum absolute atomic E-state index is 11.4. The second-order valence-electron chi connectivity index (χ2n) is 4.33. The van der Waals surface area contributed by atoms with Gasteiger partial charge < -0.3 is 4.89 Å². The minimum atomic E-state index is -3.17. The van der Waals surface area contributed by atoms with Crippen molar-refractivity contribution >= 4 is 104 Å². The molecule has 0 heterocycles. The molecule has 0 aliphatic rings. The van der Waals surface area contributed by atoms with E-state index in [0.29, 0.717) is 11.1 Å². The Bertz CT molecular complexity index is 679. The monoisotopic (exact) mass is 716 g/mol. The molecule has 23 heavy (non-hydrogen) atoms. The van der Waals surface area contributed by atoms with Gasteiger partial charge >= 0.3 is 8.25 Å². The topological polar surface area (TPSA) is 46.5 Å². The van der Waals surface area contributed by atoms with Crippen molar-refractivity contribution in [3.05, 3.63) is 62.2 Å². The molecule has 0 aliphatic carbocycles. The van der Waals surface area contributed by atoms with E-state index in [9.17, 15) is 9.46 Å². The summed E-state index contributed by atoms with van der Waals surface area (Å²) in [6, 6.07) is 7.41. The molecule has 10 heteroatoms. The molecule has 0 saturated carbocycles. The van der Waals surface area contributed by atoms with Gasteiger partial charge in [0, 0.05) is 38.0 Å². The van der Waals surface area contributed by atoms with Gasteiger partial charge in [0.25, 0.3) is 0 Å². The van der Waals surface area contributed by atoms with E-state index in [1.807, 2.05) is 24.3 Å². The predicted molar refractivity (Wildman–Crippen MR) is 113 cm³/mol. The van der Waals surface area contributed by atoms with Crippen LogP contribution in [0, 0.1) is 0 Å². The lowest BCUT2D eigenvalue weighted by molar-refractivity contribution is 0.223. The van der Waals surface area contributed by atoms with Crippen LogP contribution in [-0.4, -0.2) is 4.89 Å². The number of benzene rings is 2. The van der Waals surface area contributed by atoms with Gasteiger partial charge in [0.2, 0.25) is 0 Å². The highest BCUT2D eigenvalue weighted by Gasteiger charge is 2.27. The smallest absolute Gasteiger partial charge is 0.317 e. The normalized spacial score (nSPS) is 12.7. The summed E-state index contributed by atoms with van der Waals surface area (Å²) in [6.07, 6.45) is -0.750. The highest BCUT2D eigenvalue weighted by Crippen LogP contribution is 2.47. The summed E-state index contributed by atoms with van der Waals surface area (Å²) in [4.78, 5) is 9.36. The number of hydrogen-bond acceptors (Lipinski definition) is 2. The van der Waals surface area contributed by atoms with Crippen LogP contribution in [0.1, 0.15) is 17.2 Å². The summed E-state index contributed by atoms with van der Waals surface area (Å²) in [7, 11) is -3.17. The van der Waals surface area contributed by atoms with Crippen molar-refractivity contribution in [2.75, 3.05) is 0 Å². The summed E-state index contributed by atoms with van der Waals surface area (Å²) >= 11 is 20.8. The third-order valence-corrected chi connectivity index (χ3v) is 6.81. The van der Waals surface area contributed by atoms with E-state index >= 15 is 0 Å². The molecule has 1 atom stereocenters. The van der Waals surface area contributed by atoms with Crippen molar-refractivity contribution in [2.24, 2.45) is 0 Å². The first kappa shape index (κ1) is 20.8. The zero-order valence-corrected chi connectivity index (χ0v) is 21.4. The van der Waals surface area contributed by atoms with Crippen LogP contribution in [0.4, 0.5) is 0 Å². The Hall–Kier alpha value is 1.47. The Morgan fingerprint density at radius 2 is 1.09 bits per heavy atom. The Morgan fingerprint density at radius 3 is 1.35 bits per heavy atom. The Balaban J connectivity index is 2.72. The zero-order chi connectivity index (χ0) is 17.3. The molecule has 3 nitrogen and oxygen atoms in total. The molecule has 0 spiro atoms. The van der Waals surface area contributed by atoms with Crippen LogP contribution < -0.4 is 0 Å². The molecule has 2 aromatic carbocycles. The fourth-order valence-corrected chi connectivity index (χ4v) is 7.76. The molecule has 124 valence electrons. The molecular weight excluding hydrogens is 715 g/mol. The van der Waals surface area contributed by atoms with Crippen molar-refractivity contribution in [2.45, 2.75) is 6.10 Å². The van der Waals surface area contributed by atoms with Crippen LogP contribution in [0.5, 0.6) is 0 Å². The number of rotatable bonds is 4. The average molecular weight is 722 g/mol. The quantitative estimate of drug-likeness (QED) is 0.329. The number of hydrogen-bond donors (Lipinski definition) is 1. The summed E-state index contributed by atoms with van der Waals surface area (Å²) < 4.78 is 21.5. The first-order valence-corrected chi connectivity index (χ1v) is 11.9. The van der Waals surface area contributed by atoms with E-state index < -0.39 is 14.4 Å². The maximum atomic E-state index is 11.4. The summed E-state index contributed by atoms with van der Waals surface area (Å²) in [5.74, 6) is 0. The van der Waals surface area contributed by atoms with E-state index in [1.54, 1.807) is 0 Å². The Labute approximate surface area is 184 Å². The molecule has 2 rings (SSSR count). The van der Waals surface area contributed by atoms with Crippen LogP contribution in [0.2, 0.25) is 0 Å². The van der Waals surface area contributed by atoms with Gasteiger partial charge in [0.15, 0.2) is 0 Å². The minimum Gasteiger partial charge on any atom is -0.326 e. The van der Waals surface area contributed by atoms with Gasteiger partial charge in [-0.05, 0) is 24.3 Å². The average Bonchev–Trinajstić information content (AvgIpc) is 2.34. The van der Waals surface area contributed by atoms with Crippen LogP contribution >= 0.6 is 104 Å². The second-order valence-corrected chi connectivity index (χ2v) is 10.3. The van der Waals surface area contributed by atoms with Gasteiger partial charge in [-0.15, -0.1) is 0 Å². The predicted octanol–water partition coefficient (Wildman–Crippen LogP) is 7.75. The van der Waals surface area contributed by atoms with Crippen LogP contribution in [0.25, 0.3) is 0 Å². The van der Waals surface area contributed by atoms with Crippen LogP contribution in [0.3, 0.4) is 0 Å². The van der Waals surface area contributed by atoms with Crippen molar-refractivity contribution in [3.8, 4) is 0 Å². The third kappa shape index (κ3) is 5.23. The molecule has 1 N–H and O–H groups in total. The highest BCUT2D eigenvalue weighted by molar-refractivity contribution is 9.12. The second kappa shape index (κ2) is 8.91. The summed E-state index contributed by atoms with van der Waals surface area (Å²) in [5.41, 5.74) is 1.42. The summed E-state index contributed by atoms with van der Waals surface area (Å²) in [6.45, 7) is 0. The van der Waals surface area contributed by atoms with Gasteiger partial charge in [-0.1, -0.05) is 95.6 Å². The molecule has 0 aliphatic heterocycles. The van der Waals surface area contributed by atoms with Crippen LogP contribution in [0.15, 0.2) is 51.1 Å². The first-order valence-electron chi connectivity index (χ1n) is 5.89. The van der Waals surface area contributed by atoms with Crippen molar-refractivity contribution in [1.82, 2.24) is 0 Å².